The molecular weight excluding hydrogens is 319 g/mol. The third kappa shape index (κ3) is 5.74. The monoisotopic (exact) mass is 342 g/mol. The van der Waals surface area contributed by atoms with Crippen LogP contribution in [0, 0.1) is 11.7 Å². The zero-order valence-corrected chi connectivity index (χ0v) is 14.3. The van der Waals surface area contributed by atoms with Crippen molar-refractivity contribution in [2.75, 3.05) is 13.1 Å². The predicted octanol–water partition coefficient (Wildman–Crippen LogP) is 3.48. The van der Waals surface area contributed by atoms with Crippen molar-refractivity contribution < 1.29 is 9.13 Å². The number of ether oxygens (including phenoxy) is 1. The van der Waals surface area contributed by atoms with Gasteiger partial charge in [0.2, 0.25) is 5.88 Å². The Balaban J connectivity index is 1.61. The first-order valence-corrected chi connectivity index (χ1v) is 8.63. The van der Waals surface area contributed by atoms with Crippen LogP contribution in [-0.4, -0.2) is 24.0 Å². The fourth-order valence-electron chi connectivity index (χ4n) is 2.30. The molecule has 1 aliphatic carbocycles. The van der Waals surface area contributed by atoms with Gasteiger partial charge in [-0.15, -0.1) is 0 Å². The Kier molecular flexibility index (Phi) is 5.82. The molecule has 0 radical (unpaired) electrons. The molecule has 0 unspecified atom stereocenters. The number of rotatable bonds is 7. The van der Waals surface area contributed by atoms with E-state index in [1.54, 1.807) is 18.3 Å². The molecule has 1 saturated carbocycles. The Morgan fingerprint density at radius 3 is 2.76 bits per heavy atom. The number of nitrogens with zero attached hydrogens (tertiary/aromatic N) is 2. The molecule has 5 nitrogen and oxygen atoms in total. The van der Waals surface area contributed by atoms with Crippen LogP contribution < -0.4 is 15.4 Å². The number of hydrogen-bond acceptors (Lipinski definition) is 3. The molecule has 0 atom stereocenters. The van der Waals surface area contributed by atoms with Crippen molar-refractivity contribution >= 4 is 5.96 Å². The smallest absolute Gasteiger partial charge is 0.219 e. The highest BCUT2D eigenvalue weighted by Crippen LogP contribution is 2.27. The molecule has 1 aromatic carbocycles. The second-order valence-corrected chi connectivity index (χ2v) is 6.08. The van der Waals surface area contributed by atoms with Gasteiger partial charge in [-0.2, -0.15) is 0 Å². The molecule has 2 aromatic rings. The van der Waals surface area contributed by atoms with E-state index in [-0.39, 0.29) is 5.82 Å². The maximum atomic E-state index is 12.9. The van der Waals surface area contributed by atoms with Crippen molar-refractivity contribution in [1.82, 2.24) is 15.6 Å². The van der Waals surface area contributed by atoms with Crippen LogP contribution in [0.2, 0.25) is 0 Å². The van der Waals surface area contributed by atoms with Crippen molar-refractivity contribution in [3.8, 4) is 11.6 Å². The van der Waals surface area contributed by atoms with Gasteiger partial charge in [0.25, 0.3) is 0 Å². The number of nitrogens with one attached hydrogen (secondary N) is 2. The Morgan fingerprint density at radius 2 is 2.04 bits per heavy atom. The number of guanidine groups is 1. The summed E-state index contributed by atoms with van der Waals surface area (Å²) in [7, 11) is 0. The van der Waals surface area contributed by atoms with Crippen molar-refractivity contribution in [3.63, 3.8) is 0 Å². The molecule has 1 fully saturated rings. The summed E-state index contributed by atoms with van der Waals surface area (Å²) in [5.74, 6) is 2.34. The number of aliphatic imine (C=N–C) groups is 1. The zero-order chi connectivity index (χ0) is 17.5. The summed E-state index contributed by atoms with van der Waals surface area (Å²) >= 11 is 0. The van der Waals surface area contributed by atoms with Gasteiger partial charge < -0.3 is 15.4 Å². The summed E-state index contributed by atoms with van der Waals surface area (Å²) in [6, 6.07) is 9.62. The Morgan fingerprint density at radius 1 is 1.24 bits per heavy atom. The van der Waals surface area contributed by atoms with Crippen LogP contribution in [0.25, 0.3) is 0 Å². The fourth-order valence-corrected chi connectivity index (χ4v) is 2.30. The summed E-state index contributed by atoms with van der Waals surface area (Å²) in [4.78, 5) is 8.80. The van der Waals surface area contributed by atoms with Crippen LogP contribution in [0.1, 0.15) is 25.3 Å². The highest BCUT2D eigenvalue weighted by molar-refractivity contribution is 5.79. The summed E-state index contributed by atoms with van der Waals surface area (Å²) in [6.07, 6.45) is 4.30. The summed E-state index contributed by atoms with van der Waals surface area (Å²) in [5.41, 5.74) is 0.996. The lowest BCUT2D eigenvalue weighted by Gasteiger charge is -2.11. The van der Waals surface area contributed by atoms with Gasteiger partial charge in [-0.1, -0.05) is 0 Å². The largest absolute Gasteiger partial charge is 0.439 e. The van der Waals surface area contributed by atoms with E-state index in [2.05, 4.69) is 27.5 Å². The minimum absolute atomic E-state index is 0.293. The molecule has 1 heterocycles. The third-order valence-electron chi connectivity index (χ3n) is 3.85. The lowest BCUT2D eigenvalue weighted by Crippen LogP contribution is -2.38. The first kappa shape index (κ1) is 17.2. The summed E-state index contributed by atoms with van der Waals surface area (Å²) in [5, 5.41) is 6.62. The predicted molar refractivity (Wildman–Crippen MR) is 96.3 cm³/mol. The first-order valence-electron chi connectivity index (χ1n) is 8.63. The SMILES string of the molecule is CCNC(=NCc1ccnc(Oc2ccc(F)cc2)c1)NCC1CC1. The number of halogens is 1. The fraction of sp³-hybridized carbons (Fsp3) is 0.368. The normalized spacial score (nSPS) is 14.2. The van der Waals surface area contributed by atoms with Gasteiger partial charge in [-0.25, -0.2) is 14.4 Å². The average molecular weight is 342 g/mol. The van der Waals surface area contributed by atoms with Crippen LogP contribution >= 0.6 is 0 Å². The van der Waals surface area contributed by atoms with Gasteiger partial charge in [0.05, 0.1) is 6.54 Å². The van der Waals surface area contributed by atoms with E-state index in [4.69, 9.17) is 4.74 Å². The Hall–Kier alpha value is -2.63. The molecule has 1 aromatic heterocycles. The second kappa shape index (κ2) is 8.46. The minimum Gasteiger partial charge on any atom is -0.439 e. The highest BCUT2D eigenvalue weighted by Gasteiger charge is 2.21. The van der Waals surface area contributed by atoms with Gasteiger partial charge in [-0.05, 0) is 61.6 Å². The zero-order valence-electron chi connectivity index (χ0n) is 14.3. The molecule has 2 N–H and O–H groups in total. The lowest BCUT2D eigenvalue weighted by atomic mass is 10.2. The van der Waals surface area contributed by atoms with Crippen LogP contribution in [0.5, 0.6) is 11.6 Å². The standard InChI is InChI=1S/C19H23FN4O/c1-2-21-19(23-12-14-3-4-14)24-13-15-9-10-22-18(11-15)25-17-7-5-16(20)6-8-17/h5-11,14H,2-4,12-13H2,1H3,(H2,21,23,24). The van der Waals surface area contributed by atoms with E-state index in [0.717, 1.165) is 30.5 Å². The van der Waals surface area contributed by atoms with E-state index >= 15 is 0 Å². The molecule has 132 valence electrons. The quantitative estimate of drug-likeness (QED) is 0.597. The first-order chi connectivity index (χ1) is 12.2. The van der Waals surface area contributed by atoms with Crippen molar-refractivity contribution in [2.24, 2.45) is 10.9 Å². The molecular formula is C19H23FN4O. The van der Waals surface area contributed by atoms with Crippen molar-refractivity contribution in [1.29, 1.82) is 0 Å². The minimum atomic E-state index is -0.293. The van der Waals surface area contributed by atoms with E-state index in [0.29, 0.717) is 18.2 Å². The molecule has 3 rings (SSSR count). The van der Waals surface area contributed by atoms with Gasteiger partial charge in [0, 0.05) is 25.4 Å². The molecule has 25 heavy (non-hydrogen) atoms. The summed E-state index contributed by atoms with van der Waals surface area (Å²) < 4.78 is 18.6. The number of benzene rings is 1. The van der Waals surface area contributed by atoms with Crippen molar-refractivity contribution in [2.45, 2.75) is 26.3 Å². The van der Waals surface area contributed by atoms with E-state index in [1.165, 1.54) is 25.0 Å². The second-order valence-electron chi connectivity index (χ2n) is 6.08. The van der Waals surface area contributed by atoms with E-state index in [9.17, 15) is 4.39 Å². The maximum absolute atomic E-state index is 12.9. The van der Waals surface area contributed by atoms with E-state index in [1.807, 2.05) is 12.1 Å². The molecule has 0 amide bonds. The number of hydrogen-bond donors (Lipinski definition) is 2. The third-order valence-corrected chi connectivity index (χ3v) is 3.85. The van der Waals surface area contributed by atoms with Crippen LogP contribution in [0.4, 0.5) is 4.39 Å². The number of aromatic nitrogens is 1. The van der Waals surface area contributed by atoms with Gasteiger partial charge in [0.15, 0.2) is 5.96 Å². The average Bonchev–Trinajstić information content (AvgIpc) is 3.44. The lowest BCUT2D eigenvalue weighted by molar-refractivity contribution is 0.460. The number of pyridine rings is 1. The Bertz CT molecular complexity index is 714. The Labute approximate surface area is 147 Å². The molecule has 0 saturated heterocycles. The molecule has 6 heteroatoms. The van der Waals surface area contributed by atoms with Crippen LogP contribution in [-0.2, 0) is 6.54 Å². The van der Waals surface area contributed by atoms with Crippen molar-refractivity contribution in [3.05, 3.63) is 54.0 Å². The maximum Gasteiger partial charge on any atom is 0.219 e. The van der Waals surface area contributed by atoms with Gasteiger partial charge in [0.1, 0.15) is 11.6 Å². The molecule has 0 bridgehead atoms. The molecule has 0 aliphatic heterocycles. The van der Waals surface area contributed by atoms with Crippen LogP contribution in [0.15, 0.2) is 47.6 Å². The topological polar surface area (TPSA) is 58.5 Å². The van der Waals surface area contributed by atoms with Crippen LogP contribution in [0.3, 0.4) is 0 Å². The van der Waals surface area contributed by atoms with Gasteiger partial charge >= 0.3 is 0 Å². The van der Waals surface area contributed by atoms with Gasteiger partial charge in [-0.3, -0.25) is 0 Å². The summed E-state index contributed by atoms with van der Waals surface area (Å²) in [6.45, 7) is 4.38. The molecule has 1 aliphatic rings. The highest BCUT2D eigenvalue weighted by atomic mass is 19.1. The van der Waals surface area contributed by atoms with E-state index < -0.39 is 0 Å². The molecule has 0 spiro atoms.